The predicted molar refractivity (Wildman–Crippen MR) is 110 cm³/mol. The highest BCUT2D eigenvalue weighted by molar-refractivity contribution is 6.30. The van der Waals surface area contributed by atoms with Gasteiger partial charge in [-0.2, -0.15) is 0 Å². The fourth-order valence-electron chi connectivity index (χ4n) is 3.89. The van der Waals surface area contributed by atoms with E-state index in [0.717, 1.165) is 24.3 Å². The van der Waals surface area contributed by atoms with Crippen molar-refractivity contribution in [1.82, 2.24) is 9.47 Å². The molecule has 1 amide bonds. The SMILES string of the molecule is CCn1cc(C)c(C(=O)O)c1CC(=O)N1CCN(c2cc(Cl)ccc2C)CC1. The molecule has 0 aliphatic carbocycles. The first-order valence-corrected chi connectivity index (χ1v) is 9.90. The van der Waals surface area contributed by atoms with Crippen LogP contribution in [0.25, 0.3) is 0 Å². The summed E-state index contributed by atoms with van der Waals surface area (Å²) in [5.41, 5.74) is 3.79. The van der Waals surface area contributed by atoms with Crippen molar-refractivity contribution in [3.8, 4) is 0 Å². The maximum absolute atomic E-state index is 12.9. The molecule has 1 aliphatic heterocycles. The van der Waals surface area contributed by atoms with E-state index in [1.54, 1.807) is 6.92 Å². The van der Waals surface area contributed by atoms with E-state index in [2.05, 4.69) is 11.8 Å². The van der Waals surface area contributed by atoms with Crippen molar-refractivity contribution >= 4 is 29.2 Å². The summed E-state index contributed by atoms with van der Waals surface area (Å²) in [6.07, 6.45) is 1.92. The lowest BCUT2D eigenvalue weighted by molar-refractivity contribution is -0.130. The van der Waals surface area contributed by atoms with Gasteiger partial charge in [-0.15, -0.1) is 0 Å². The lowest BCUT2D eigenvalue weighted by Gasteiger charge is -2.37. The summed E-state index contributed by atoms with van der Waals surface area (Å²) >= 11 is 6.13. The molecule has 1 aromatic carbocycles. The largest absolute Gasteiger partial charge is 0.478 e. The molecule has 2 heterocycles. The Morgan fingerprint density at radius 1 is 1.11 bits per heavy atom. The van der Waals surface area contributed by atoms with E-state index in [1.165, 1.54) is 0 Å². The molecule has 0 unspecified atom stereocenters. The predicted octanol–water partition coefficient (Wildman–Crippen LogP) is 3.37. The number of nitrogens with zero attached hydrogens (tertiary/aromatic N) is 3. The van der Waals surface area contributed by atoms with Crippen molar-refractivity contribution in [2.45, 2.75) is 33.7 Å². The van der Waals surface area contributed by atoms with Crippen molar-refractivity contribution in [2.24, 2.45) is 0 Å². The number of hydrogen-bond donors (Lipinski definition) is 1. The molecule has 7 heteroatoms. The molecule has 1 aliphatic rings. The van der Waals surface area contributed by atoms with Gasteiger partial charge in [0, 0.05) is 55.3 Å². The number of anilines is 1. The van der Waals surface area contributed by atoms with Gasteiger partial charge in [-0.1, -0.05) is 17.7 Å². The molecule has 6 nitrogen and oxygen atoms in total. The fraction of sp³-hybridized carbons (Fsp3) is 0.429. The Bertz CT molecular complexity index is 899. The topological polar surface area (TPSA) is 65.8 Å². The summed E-state index contributed by atoms with van der Waals surface area (Å²) in [4.78, 5) is 28.6. The summed E-state index contributed by atoms with van der Waals surface area (Å²) in [6.45, 7) is 9.09. The van der Waals surface area contributed by atoms with Gasteiger partial charge in [-0.25, -0.2) is 4.79 Å². The number of benzene rings is 1. The molecule has 3 rings (SSSR count). The first kappa shape index (κ1) is 20.3. The molecule has 2 aromatic rings. The molecule has 0 spiro atoms. The van der Waals surface area contributed by atoms with Crippen molar-refractivity contribution in [2.75, 3.05) is 31.1 Å². The fourth-order valence-corrected chi connectivity index (χ4v) is 4.05. The third-order valence-corrected chi connectivity index (χ3v) is 5.63. The standard InChI is InChI=1S/C21H26ClN3O3/c1-4-23-13-15(3)20(21(27)28)18(23)12-19(26)25-9-7-24(8-10-25)17-11-16(22)6-5-14(17)2/h5-6,11,13H,4,7-10,12H2,1-3H3,(H,27,28). The Labute approximate surface area is 170 Å². The van der Waals surface area contributed by atoms with E-state index in [1.807, 2.05) is 40.8 Å². The third-order valence-electron chi connectivity index (χ3n) is 5.40. The zero-order chi connectivity index (χ0) is 20.4. The van der Waals surface area contributed by atoms with E-state index in [9.17, 15) is 14.7 Å². The van der Waals surface area contributed by atoms with Gasteiger partial charge in [0.05, 0.1) is 12.0 Å². The Hall–Kier alpha value is -2.47. The average Bonchev–Trinajstić information content (AvgIpc) is 2.99. The number of piperazine rings is 1. The van der Waals surface area contributed by atoms with Crippen LogP contribution in [0.1, 0.15) is 34.1 Å². The molecule has 1 saturated heterocycles. The third kappa shape index (κ3) is 4.02. The second-order valence-corrected chi connectivity index (χ2v) is 7.64. The minimum absolute atomic E-state index is 0.0298. The quantitative estimate of drug-likeness (QED) is 0.831. The monoisotopic (exact) mass is 403 g/mol. The Morgan fingerprint density at radius 3 is 2.39 bits per heavy atom. The Kier molecular flexibility index (Phi) is 5.98. The number of amides is 1. The second kappa shape index (κ2) is 8.27. The molecular formula is C21H26ClN3O3. The maximum Gasteiger partial charge on any atom is 0.337 e. The number of aromatic carboxylic acids is 1. The number of carboxylic acids is 1. The van der Waals surface area contributed by atoms with E-state index in [0.29, 0.717) is 35.9 Å². The van der Waals surface area contributed by atoms with Crippen LogP contribution in [0.15, 0.2) is 24.4 Å². The van der Waals surface area contributed by atoms with Crippen molar-refractivity contribution in [1.29, 1.82) is 0 Å². The molecule has 150 valence electrons. The number of aryl methyl sites for hydroxylation is 3. The van der Waals surface area contributed by atoms with E-state index >= 15 is 0 Å². The van der Waals surface area contributed by atoms with Gasteiger partial charge in [0.1, 0.15) is 0 Å². The highest BCUT2D eigenvalue weighted by Gasteiger charge is 2.26. The summed E-state index contributed by atoms with van der Waals surface area (Å²) < 4.78 is 1.86. The van der Waals surface area contributed by atoms with Gasteiger partial charge in [0.15, 0.2) is 0 Å². The van der Waals surface area contributed by atoms with Crippen molar-refractivity contribution in [3.05, 3.63) is 51.8 Å². The van der Waals surface area contributed by atoms with Gasteiger partial charge < -0.3 is 19.5 Å². The molecule has 0 atom stereocenters. The zero-order valence-corrected chi connectivity index (χ0v) is 17.3. The summed E-state index contributed by atoms with van der Waals surface area (Å²) in [5.74, 6) is -1.01. The van der Waals surface area contributed by atoms with E-state index < -0.39 is 5.97 Å². The van der Waals surface area contributed by atoms with E-state index in [4.69, 9.17) is 11.6 Å². The first-order valence-electron chi connectivity index (χ1n) is 9.52. The minimum Gasteiger partial charge on any atom is -0.478 e. The minimum atomic E-state index is -0.978. The van der Waals surface area contributed by atoms with Crippen molar-refractivity contribution in [3.63, 3.8) is 0 Å². The molecule has 1 N–H and O–H groups in total. The van der Waals surface area contributed by atoms with Crippen LogP contribution in [-0.4, -0.2) is 52.6 Å². The number of hydrogen-bond acceptors (Lipinski definition) is 3. The van der Waals surface area contributed by atoms with Crippen LogP contribution >= 0.6 is 11.6 Å². The second-order valence-electron chi connectivity index (χ2n) is 7.20. The van der Waals surface area contributed by atoms with Gasteiger partial charge in [-0.3, -0.25) is 4.79 Å². The number of aromatic nitrogens is 1. The van der Waals surface area contributed by atoms with Crippen LogP contribution < -0.4 is 4.90 Å². The molecule has 0 radical (unpaired) electrons. The van der Waals surface area contributed by atoms with Crippen LogP contribution in [0.3, 0.4) is 0 Å². The number of rotatable bonds is 5. The van der Waals surface area contributed by atoms with Crippen LogP contribution in [0.2, 0.25) is 5.02 Å². The molecule has 1 aromatic heterocycles. The van der Waals surface area contributed by atoms with Crippen LogP contribution in [0, 0.1) is 13.8 Å². The molecule has 28 heavy (non-hydrogen) atoms. The van der Waals surface area contributed by atoms with Gasteiger partial charge >= 0.3 is 5.97 Å². The van der Waals surface area contributed by atoms with Crippen molar-refractivity contribution < 1.29 is 14.7 Å². The number of carbonyl (C=O) groups excluding carboxylic acids is 1. The summed E-state index contributed by atoms with van der Waals surface area (Å²) in [6, 6.07) is 5.85. The molecule has 0 bridgehead atoms. The summed E-state index contributed by atoms with van der Waals surface area (Å²) in [7, 11) is 0. The Balaban J connectivity index is 1.70. The van der Waals surface area contributed by atoms with E-state index in [-0.39, 0.29) is 17.9 Å². The maximum atomic E-state index is 12.9. The summed E-state index contributed by atoms with van der Waals surface area (Å²) in [5, 5.41) is 10.2. The molecular weight excluding hydrogens is 378 g/mol. The average molecular weight is 404 g/mol. The lowest BCUT2D eigenvalue weighted by atomic mass is 10.1. The number of halogens is 1. The van der Waals surface area contributed by atoms with Gasteiger partial charge in [0.2, 0.25) is 5.91 Å². The van der Waals surface area contributed by atoms with Crippen LogP contribution in [-0.2, 0) is 17.8 Å². The highest BCUT2D eigenvalue weighted by atomic mass is 35.5. The van der Waals surface area contributed by atoms with Gasteiger partial charge in [0.25, 0.3) is 0 Å². The Morgan fingerprint density at radius 2 is 1.79 bits per heavy atom. The van der Waals surface area contributed by atoms with Gasteiger partial charge in [-0.05, 0) is 44.0 Å². The van der Waals surface area contributed by atoms with Crippen LogP contribution in [0.4, 0.5) is 5.69 Å². The van der Waals surface area contributed by atoms with Crippen LogP contribution in [0.5, 0.6) is 0 Å². The zero-order valence-electron chi connectivity index (χ0n) is 16.5. The first-order chi connectivity index (χ1) is 13.3. The lowest BCUT2D eigenvalue weighted by Crippen LogP contribution is -2.49. The number of carboxylic acid groups (broad SMARTS) is 1. The smallest absolute Gasteiger partial charge is 0.337 e. The molecule has 1 fully saturated rings. The molecule has 0 saturated carbocycles. The normalized spacial score (nSPS) is 14.4. The highest BCUT2D eigenvalue weighted by Crippen LogP contribution is 2.26. The number of carbonyl (C=O) groups is 2.